The zero-order valence-electron chi connectivity index (χ0n) is 40.7. The Morgan fingerprint density at radius 1 is 0.901 bits per heavy atom. The van der Waals surface area contributed by atoms with Crippen LogP contribution >= 0.6 is 0 Å². The number of aryl methyl sites for hydroxylation is 3. The first-order chi connectivity index (χ1) is 33.8. The summed E-state index contributed by atoms with van der Waals surface area (Å²) in [6, 6.07) is 14.0. The third kappa shape index (κ3) is 6.53. The average molecular weight is 966 g/mol. The van der Waals surface area contributed by atoms with Crippen molar-refractivity contribution < 1.29 is 27.6 Å². The lowest BCUT2D eigenvalue weighted by Gasteiger charge is -2.54. The second kappa shape index (κ2) is 15.3. The molecule has 1 aliphatic carbocycles. The van der Waals surface area contributed by atoms with Gasteiger partial charge in [0.1, 0.15) is 22.9 Å². The van der Waals surface area contributed by atoms with Gasteiger partial charge in [-0.05, 0) is 125 Å². The number of H-pyrrole nitrogens is 1. The number of fused-ring (bicyclic) bond motifs is 4. The van der Waals surface area contributed by atoms with Crippen molar-refractivity contribution in [3.63, 3.8) is 0 Å². The summed E-state index contributed by atoms with van der Waals surface area (Å²) in [5.41, 5.74) is 2.38. The van der Waals surface area contributed by atoms with Crippen LogP contribution in [-0.2, 0) is 27.5 Å². The summed E-state index contributed by atoms with van der Waals surface area (Å²) in [6.45, 7) is 14.2. The summed E-state index contributed by atoms with van der Waals surface area (Å²) in [7, 11) is 1.71. The van der Waals surface area contributed by atoms with Gasteiger partial charge in [-0.1, -0.05) is 18.1 Å². The first kappa shape index (κ1) is 44.8. The monoisotopic (exact) mass is 965 g/mol. The van der Waals surface area contributed by atoms with E-state index in [4.69, 9.17) is 14.4 Å². The van der Waals surface area contributed by atoms with Crippen molar-refractivity contribution in [2.75, 3.05) is 26.2 Å². The standard InChI is InChI=1S/C52H53F2N11O6/c1-27-17-35(18-28(2)42(27)53)65-45(62-15-14-61(49(62)69)39-12-11-38-36(43(39)54)23-55-59(38)8)41-30(4)63(26-51(44(41)57-65)24-60(25-51)31(5)66)46(67)40-20-34-19-32(33-13-16-70-50(6,7)22-33)9-10-37(34)64(40)52(21-29(52)3)47-56-48(68)71-58-47/h9-12,14-15,17-20,23,29-30,33H,13,16,21-22,24-26H2,1-8H3,(H,56,58,68)/t29-,30-,33-,52-/m0/s1. The zero-order chi connectivity index (χ0) is 49.8. The van der Waals surface area contributed by atoms with E-state index < -0.39 is 34.3 Å². The molecule has 3 fully saturated rings. The van der Waals surface area contributed by atoms with E-state index in [2.05, 4.69) is 41.2 Å². The van der Waals surface area contributed by atoms with Crippen molar-refractivity contribution in [1.29, 1.82) is 0 Å². The molecule has 0 radical (unpaired) electrons. The van der Waals surface area contributed by atoms with Gasteiger partial charge in [-0.3, -0.25) is 32.9 Å². The highest BCUT2D eigenvalue weighted by atomic mass is 19.1. The van der Waals surface area contributed by atoms with Crippen molar-refractivity contribution in [3.8, 4) is 17.2 Å². The molecule has 366 valence electrons. The number of nitrogens with zero attached hydrogens (tertiary/aromatic N) is 10. The largest absolute Gasteiger partial charge is 0.438 e. The zero-order valence-corrected chi connectivity index (χ0v) is 40.7. The van der Waals surface area contributed by atoms with Gasteiger partial charge in [0.25, 0.3) is 5.91 Å². The minimum absolute atomic E-state index is 0.00767. The van der Waals surface area contributed by atoms with Crippen LogP contribution in [0.25, 0.3) is 39.0 Å². The van der Waals surface area contributed by atoms with E-state index >= 15 is 18.4 Å². The Kier molecular flexibility index (Phi) is 9.65. The number of aromatic amines is 1. The molecule has 1 spiro atoms. The molecule has 1 N–H and O–H groups in total. The molecule has 17 nitrogen and oxygen atoms in total. The number of benzene rings is 3. The molecular weight excluding hydrogens is 913 g/mol. The molecule has 3 aromatic carbocycles. The summed E-state index contributed by atoms with van der Waals surface area (Å²) >= 11 is 0. The van der Waals surface area contributed by atoms with Crippen LogP contribution in [0.3, 0.4) is 0 Å². The number of likely N-dealkylation sites (tertiary alicyclic amines) is 1. The molecule has 0 unspecified atom stereocenters. The number of ether oxygens (including phenoxy) is 1. The SMILES string of the molecule is CC(=O)N1CC2(C1)CN(C(=O)c1cc3cc([C@H]4CCOC(C)(C)C4)ccc3n1[C@@]1(c3noc(=O)[nH]3)C[C@@H]1C)[C@@H](C)c1c2nn(-c2cc(C)c(F)c(C)c2)c1-n1ccn(-c2ccc3c(cnn3C)c2F)c1=O. The highest BCUT2D eigenvalue weighted by molar-refractivity contribution is 6.00. The lowest BCUT2D eigenvalue weighted by atomic mass is 9.71. The Morgan fingerprint density at radius 2 is 1.62 bits per heavy atom. The molecule has 19 heteroatoms. The van der Waals surface area contributed by atoms with Gasteiger partial charge in [-0.15, -0.1) is 0 Å². The maximum atomic E-state index is 16.4. The number of carbonyl (C=O) groups is 2. The lowest BCUT2D eigenvalue weighted by Crippen LogP contribution is -2.67. The van der Waals surface area contributed by atoms with Gasteiger partial charge in [0.15, 0.2) is 11.6 Å². The van der Waals surface area contributed by atoms with Gasteiger partial charge in [0.05, 0.1) is 51.2 Å². The van der Waals surface area contributed by atoms with Crippen LogP contribution in [0.1, 0.15) is 110 Å². The number of hydrogen-bond donors (Lipinski definition) is 1. The topological polar surface area (TPSA) is 176 Å². The number of aromatic nitrogens is 9. The van der Waals surface area contributed by atoms with E-state index in [0.29, 0.717) is 58.1 Å². The lowest BCUT2D eigenvalue weighted by molar-refractivity contribution is -0.137. The molecule has 5 aromatic heterocycles. The first-order valence-corrected chi connectivity index (χ1v) is 24.0. The number of rotatable bonds is 7. The third-order valence-electron chi connectivity index (χ3n) is 16.0. The molecule has 3 aliphatic heterocycles. The quantitative estimate of drug-likeness (QED) is 0.176. The minimum atomic E-state index is -0.927. The van der Waals surface area contributed by atoms with Crippen LogP contribution in [0.2, 0.25) is 0 Å². The number of amides is 2. The molecule has 2 saturated heterocycles. The second-order valence-corrected chi connectivity index (χ2v) is 21.0. The molecular formula is C52H53F2N11O6. The van der Waals surface area contributed by atoms with E-state index in [1.165, 1.54) is 34.5 Å². The highest BCUT2D eigenvalue weighted by Gasteiger charge is 2.60. The third-order valence-corrected chi connectivity index (χ3v) is 16.0. The summed E-state index contributed by atoms with van der Waals surface area (Å²) in [4.78, 5) is 63.0. The van der Waals surface area contributed by atoms with E-state index in [1.807, 2.05) is 30.5 Å². The fourth-order valence-electron chi connectivity index (χ4n) is 12.2. The van der Waals surface area contributed by atoms with Gasteiger partial charge >= 0.3 is 11.4 Å². The maximum absolute atomic E-state index is 16.4. The Hall–Kier alpha value is -7.41. The first-order valence-electron chi connectivity index (χ1n) is 24.0. The van der Waals surface area contributed by atoms with Gasteiger partial charge in [-0.2, -0.15) is 10.2 Å². The van der Waals surface area contributed by atoms with Gasteiger partial charge < -0.3 is 19.1 Å². The summed E-state index contributed by atoms with van der Waals surface area (Å²) in [5, 5.41) is 14.8. The van der Waals surface area contributed by atoms with Crippen LogP contribution in [0.15, 0.2) is 81.2 Å². The number of hydrogen-bond acceptors (Lipinski definition) is 9. The number of halogens is 2. The van der Waals surface area contributed by atoms with Crippen LogP contribution < -0.4 is 11.4 Å². The Bertz CT molecular complexity index is 3670. The number of carbonyl (C=O) groups excluding carboxylic acids is 2. The van der Waals surface area contributed by atoms with E-state index in [-0.39, 0.29) is 71.6 Å². The fourth-order valence-corrected chi connectivity index (χ4v) is 12.2. The molecule has 8 aromatic rings. The van der Waals surface area contributed by atoms with Gasteiger partial charge in [0, 0.05) is 69.1 Å². The van der Waals surface area contributed by atoms with Crippen molar-refractivity contribution in [2.24, 2.45) is 13.0 Å². The van der Waals surface area contributed by atoms with Crippen molar-refractivity contribution in [2.45, 2.75) is 96.2 Å². The van der Waals surface area contributed by atoms with Crippen LogP contribution in [-0.4, -0.2) is 96.9 Å². The summed E-state index contributed by atoms with van der Waals surface area (Å²) in [6.07, 6.45) is 6.68. The highest BCUT2D eigenvalue weighted by Crippen LogP contribution is 2.56. The van der Waals surface area contributed by atoms with Crippen molar-refractivity contribution in [1.82, 2.24) is 53.2 Å². The molecule has 8 heterocycles. The molecule has 1 saturated carbocycles. The Morgan fingerprint density at radius 3 is 2.30 bits per heavy atom. The Labute approximate surface area is 405 Å². The average Bonchev–Trinajstić information content (AvgIpc) is 3.95. The van der Waals surface area contributed by atoms with E-state index in [9.17, 15) is 9.59 Å². The maximum Gasteiger partial charge on any atom is 0.438 e. The van der Waals surface area contributed by atoms with Crippen LogP contribution in [0.4, 0.5) is 8.78 Å². The summed E-state index contributed by atoms with van der Waals surface area (Å²) in [5.74, 6) is -1.43. The van der Waals surface area contributed by atoms with Gasteiger partial charge in [-0.25, -0.2) is 23.1 Å². The van der Waals surface area contributed by atoms with E-state index in [1.54, 1.807) is 64.5 Å². The predicted molar refractivity (Wildman–Crippen MR) is 257 cm³/mol. The number of imidazole rings is 1. The number of nitrogens with one attached hydrogen (secondary N) is 1. The molecule has 71 heavy (non-hydrogen) atoms. The van der Waals surface area contributed by atoms with Gasteiger partial charge in [0.2, 0.25) is 5.91 Å². The molecule has 2 amide bonds. The van der Waals surface area contributed by atoms with Crippen LogP contribution in [0.5, 0.6) is 0 Å². The fraction of sp³-hybridized carbons (Fsp3) is 0.404. The van der Waals surface area contributed by atoms with Crippen molar-refractivity contribution >= 4 is 33.6 Å². The molecule has 0 bridgehead atoms. The molecule has 4 atom stereocenters. The smallest absolute Gasteiger partial charge is 0.376 e. The van der Waals surface area contributed by atoms with Crippen LogP contribution in [0, 0.1) is 31.4 Å². The second-order valence-electron chi connectivity index (χ2n) is 21.0. The summed E-state index contributed by atoms with van der Waals surface area (Å²) < 4.78 is 50.7. The molecule has 4 aliphatic rings. The van der Waals surface area contributed by atoms with Crippen molar-refractivity contribution in [3.05, 3.63) is 139 Å². The Balaban J connectivity index is 1.06. The normalized spacial score (nSPS) is 22.4. The molecule has 12 rings (SSSR count). The minimum Gasteiger partial charge on any atom is -0.376 e. The predicted octanol–water partition coefficient (Wildman–Crippen LogP) is 7.00. The van der Waals surface area contributed by atoms with E-state index in [0.717, 1.165) is 29.3 Å².